The lowest BCUT2D eigenvalue weighted by Gasteiger charge is -2.64. The Kier molecular flexibility index (Phi) is 8.86. The molecule has 0 unspecified atom stereocenters. The molecule has 6 N–H and O–H groups in total. The summed E-state index contributed by atoms with van der Waals surface area (Å²) in [5, 5.41) is 69.1. The molecule has 3 saturated carbocycles. The van der Waals surface area contributed by atoms with E-state index in [0.29, 0.717) is 62.2 Å². The van der Waals surface area contributed by atoms with Crippen LogP contribution in [0, 0.1) is 41.4 Å². The Balaban J connectivity index is 1.07. The number of carboxylic acid groups (broad SMARTS) is 1. The highest BCUT2D eigenvalue weighted by molar-refractivity contribution is 6.08. The maximum atomic E-state index is 12.6. The topological polar surface area (TPSA) is 192 Å². The van der Waals surface area contributed by atoms with E-state index in [-0.39, 0.29) is 57.5 Å². The molecule has 10 rings (SSSR count). The summed E-state index contributed by atoms with van der Waals surface area (Å²) in [6.07, 6.45) is 4.07. The van der Waals surface area contributed by atoms with Crippen LogP contribution in [0.15, 0.2) is 41.0 Å². The molecule has 0 aromatic heterocycles. The smallest absolute Gasteiger partial charge is 0.335 e. The van der Waals surface area contributed by atoms with E-state index in [1.54, 1.807) is 13.0 Å². The van der Waals surface area contributed by atoms with Crippen LogP contribution in [0.4, 0.5) is 0 Å². The van der Waals surface area contributed by atoms with Gasteiger partial charge >= 0.3 is 5.97 Å². The Labute approximate surface area is 331 Å². The van der Waals surface area contributed by atoms with Crippen LogP contribution in [0.1, 0.15) is 104 Å². The first-order valence-electron chi connectivity index (χ1n) is 21.0. The number of fused-ring (bicyclic) bond motifs is 5. The summed E-state index contributed by atoms with van der Waals surface area (Å²) < 4.78 is 26.6. The van der Waals surface area contributed by atoms with E-state index in [1.807, 2.05) is 0 Å². The van der Waals surface area contributed by atoms with Gasteiger partial charge in [-0.15, -0.1) is 0 Å². The third-order valence-electron chi connectivity index (χ3n) is 15.9. The van der Waals surface area contributed by atoms with Crippen LogP contribution >= 0.6 is 0 Å². The van der Waals surface area contributed by atoms with E-state index in [2.05, 4.69) is 6.08 Å². The molecule has 2 spiro atoms. The van der Waals surface area contributed by atoms with Crippen LogP contribution in [-0.4, -0.2) is 105 Å². The van der Waals surface area contributed by atoms with E-state index in [9.17, 15) is 40.2 Å². The molecule has 2 aromatic carbocycles. The van der Waals surface area contributed by atoms with Gasteiger partial charge in [-0.25, -0.2) is 4.79 Å². The van der Waals surface area contributed by atoms with Gasteiger partial charge in [-0.1, -0.05) is 25.0 Å². The number of carbonyl (C=O) groups is 2. The van der Waals surface area contributed by atoms with Gasteiger partial charge in [-0.05, 0) is 141 Å². The summed E-state index contributed by atoms with van der Waals surface area (Å²) in [6, 6.07) is 4.17. The van der Waals surface area contributed by atoms with Gasteiger partial charge in [-0.2, -0.15) is 0 Å². The summed E-state index contributed by atoms with van der Waals surface area (Å²) in [5.74, 6) is -1.45. The number of hydrogen-bond acceptors (Lipinski definition) is 11. The number of allylic oxidation sites excluding steroid dienone is 2. The highest BCUT2D eigenvalue weighted by Crippen LogP contribution is 2.71. The standard InChI is InChI=1S/C45H54O12/c1-21-13-23-14-24(41(52)53)15-32(34(23)37(49)33(21)22(2)47)55-42-38(50)39(51)45-18-27-28-17-43(9-3-4-10-43)16-25-19-54-20-44(11-12-46,36(25)28)29-6-5-26(35(27)29)31(57-45)8-7-30(48)40(45)56-42/h6,13-15,25,27-28,30-31,36,38-40,42,46,48-51H,3-5,7-12,16-20H2,1-2H3,(H,52,53)/t25-,27-,28-,30-,31+,36-,38+,39+,40+,42+,44-,45-/m0/s1. The first-order chi connectivity index (χ1) is 27.3. The van der Waals surface area contributed by atoms with E-state index < -0.39 is 59.9 Å². The van der Waals surface area contributed by atoms with Crippen LogP contribution in [-0.2, 0) is 14.2 Å². The average molecular weight is 787 g/mol. The lowest BCUT2D eigenvalue weighted by Crippen LogP contribution is -2.71. The quantitative estimate of drug-likeness (QED) is 0.212. The fourth-order valence-electron chi connectivity index (χ4n) is 14.0. The third kappa shape index (κ3) is 5.36. The zero-order valence-corrected chi connectivity index (χ0v) is 32.6. The second-order valence-electron chi connectivity index (χ2n) is 18.8. The van der Waals surface area contributed by atoms with Crippen molar-refractivity contribution in [1.29, 1.82) is 0 Å². The Morgan fingerprint density at radius 3 is 2.56 bits per heavy atom. The van der Waals surface area contributed by atoms with Crippen LogP contribution in [0.5, 0.6) is 11.5 Å². The number of aliphatic hydroxyl groups excluding tert-OH is 4. The van der Waals surface area contributed by atoms with Crippen LogP contribution in [0.25, 0.3) is 10.8 Å². The number of ketones is 1. The van der Waals surface area contributed by atoms with Crippen molar-refractivity contribution in [1.82, 2.24) is 0 Å². The molecule has 12 atom stereocenters. The number of carbonyl (C=O) groups excluding carboxylic acids is 1. The molecule has 12 nitrogen and oxygen atoms in total. The molecule has 306 valence electrons. The van der Waals surface area contributed by atoms with Crippen LogP contribution in [0.3, 0.4) is 0 Å². The predicted molar refractivity (Wildman–Crippen MR) is 205 cm³/mol. The molecule has 57 heavy (non-hydrogen) atoms. The zero-order chi connectivity index (χ0) is 39.8. The Bertz CT molecular complexity index is 2100. The second kappa shape index (κ2) is 13.3. The zero-order valence-electron chi connectivity index (χ0n) is 32.6. The van der Waals surface area contributed by atoms with Gasteiger partial charge in [0, 0.05) is 18.6 Å². The number of benzene rings is 2. The molecule has 2 aromatic rings. The number of aliphatic hydroxyl groups is 4. The van der Waals surface area contributed by atoms with E-state index in [4.69, 9.17) is 18.9 Å². The molecule has 4 heterocycles. The maximum Gasteiger partial charge on any atom is 0.335 e. The van der Waals surface area contributed by atoms with Gasteiger partial charge in [0.05, 0.1) is 35.3 Å². The largest absolute Gasteiger partial charge is 0.506 e. The number of aryl methyl sites for hydroxylation is 1. The normalized spacial score (nSPS) is 40.1. The molecule has 6 fully saturated rings. The number of phenolic OH excluding ortho intramolecular Hbond substituents is 1. The molecule has 4 aliphatic heterocycles. The highest BCUT2D eigenvalue weighted by Gasteiger charge is 2.69. The fourth-order valence-corrected chi connectivity index (χ4v) is 14.0. The van der Waals surface area contributed by atoms with Crippen molar-refractivity contribution in [2.45, 2.75) is 127 Å². The molecule has 12 heteroatoms. The van der Waals surface area contributed by atoms with Crippen molar-refractivity contribution >= 4 is 22.5 Å². The van der Waals surface area contributed by atoms with Crippen molar-refractivity contribution in [2.24, 2.45) is 34.5 Å². The summed E-state index contributed by atoms with van der Waals surface area (Å²) in [6.45, 7) is 4.29. The van der Waals surface area contributed by atoms with Gasteiger partial charge in [0.15, 0.2) is 5.78 Å². The average Bonchev–Trinajstić information content (AvgIpc) is 3.75. The molecular weight excluding hydrogens is 732 g/mol. The molecule has 4 aliphatic carbocycles. The number of carboxylic acids is 1. The number of hydrogen-bond donors (Lipinski definition) is 6. The number of aromatic carboxylic acids is 1. The van der Waals surface area contributed by atoms with Gasteiger partial charge in [0.1, 0.15) is 35.4 Å². The summed E-state index contributed by atoms with van der Waals surface area (Å²) in [7, 11) is 0. The Morgan fingerprint density at radius 1 is 1.04 bits per heavy atom. The van der Waals surface area contributed by atoms with Gasteiger partial charge in [0.2, 0.25) is 6.29 Å². The number of ether oxygens (including phenoxy) is 4. The van der Waals surface area contributed by atoms with Gasteiger partial charge < -0.3 is 49.6 Å². The Hall–Kier alpha value is -3.36. The molecule has 3 saturated heterocycles. The van der Waals surface area contributed by atoms with Crippen LogP contribution < -0.4 is 4.74 Å². The van der Waals surface area contributed by atoms with E-state index in [0.717, 1.165) is 18.4 Å². The third-order valence-corrected chi connectivity index (χ3v) is 15.9. The second-order valence-corrected chi connectivity index (χ2v) is 18.8. The summed E-state index contributed by atoms with van der Waals surface area (Å²) >= 11 is 0. The first kappa shape index (κ1) is 37.9. The highest BCUT2D eigenvalue weighted by atomic mass is 16.7. The number of aromatic hydroxyl groups is 1. The molecular formula is C45H54O12. The van der Waals surface area contributed by atoms with Crippen molar-refractivity contribution in [3.05, 3.63) is 57.7 Å². The maximum absolute atomic E-state index is 12.6. The molecule has 8 aliphatic rings. The Morgan fingerprint density at radius 2 is 1.82 bits per heavy atom. The van der Waals surface area contributed by atoms with E-state index >= 15 is 0 Å². The summed E-state index contributed by atoms with van der Waals surface area (Å²) in [4.78, 5) is 24.9. The van der Waals surface area contributed by atoms with E-state index in [1.165, 1.54) is 55.9 Å². The molecule has 0 radical (unpaired) electrons. The SMILES string of the molecule is CC(=O)c1c(C)cc2cc(C(=O)O)cc(O[C@@H]3O[C@@H]4[C@@H](O)CC[C@H]5O[C@@]4(C[C@@H]4C6=C5CC=C6[C@]5(CCO)COC[C@@H]6CC7(CCCC7)C[C@@H]4[C@H]65)[C@H](O)[C@H]3O)c2c1O. The lowest BCUT2D eigenvalue weighted by atomic mass is 9.43. The van der Waals surface area contributed by atoms with Gasteiger partial charge in [-0.3, -0.25) is 4.79 Å². The minimum atomic E-state index is -1.71. The molecule has 0 amide bonds. The molecule has 2 bridgehead atoms. The lowest BCUT2D eigenvalue weighted by molar-refractivity contribution is -0.336. The monoisotopic (exact) mass is 786 g/mol. The predicted octanol–water partition coefficient (Wildman–Crippen LogP) is 5.12. The van der Waals surface area contributed by atoms with Crippen LogP contribution in [0.2, 0.25) is 0 Å². The van der Waals surface area contributed by atoms with Gasteiger partial charge in [0.25, 0.3) is 0 Å². The number of rotatable bonds is 6. The first-order valence-corrected chi connectivity index (χ1v) is 21.0. The summed E-state index contributed by atoms with van der Waals surface area (Å²) in [5.41, 5.74) is 2.39. The minimum Gasteiger partial charge on any atom is -0.506 e. The fraction of sp³-hybridized carbons (Fsp3) is 0.644. The van der Waals surface area contributed by atoms with Crippen molar-refractivity contribution in [3.63, 3.8) is 0 Å². The number of phenols is 1. The minimum absolute atomic E-state index is 0.0500. The number of Topliss-reactive ketones (excluding diaryl/α,β-unsaturated/α-hetero) is 1. The van der Waals surface area contributed by atoms with Crippen molar-refractivity contribution in [3.8, 4) is 11.5 Å². The van der Waals surface area contributed by atoms with Crippen molar-refractivity contribution < 1.29 is 59.2 Å². The van der Waals surface area contributed by atoms with Crippen molar-refractivity contribution in [2.75, 3.05) is 19.8 Å².